The molecule has 1 fully saturated rings. The van der Waals surface area contributed by atoms with E-state index < -0.39 is 0 Å². The van der Waals surface area contributed by atoms with Crippen molar-refractivity contribution in [3.8, 4) is 0 Å². The summed E-state index contributed by atoms with van der Waals surface area (Å²) in [6.07, 6.45) is 5.31. The second kappa shape index (κ2) is 5.81. The molecule has 0 saturated heterocycles. The highest BCUT2D eigenvalue weighted by Crippen LogP contribution is 2.35. The smallest absolute Gasteiger partial charge is 0.0294 e. The number of fused-ring (bicyclic) bond motifs is 1. The summed E-state index contributed by atoms with van der Waals surface area (Å²) in [5.74, 6) is 0. The molecule has 0 radical (unpaired) electrons. The molecule has 2 aromatic rings. The first-order valence-electron chi connectivity index (χ1n) is 8.28. The number of rotatable bonds is 3. The first-order chi connectivity index (χ1) is 10.0. The highest BCUT2D eigenvalue weighted by molar-refractivity contribution is 5.83. The van der Waals surface area contributed by atoms with Gasteiger partial charge in [-0.1, -0.05) is 50.2 Å². The Bertz CT molecular complexity index is 604. The van der Waals surface area contributed by atoms with Crippen LogP contribution in [0.5, 0.6) is 0 Å². The van der Waals surface area contributed by atoms with Gasteiger partial charge in [0, 0.05) is 12.1 Å². The zero-order valence-corrected chi connectivity index (χ0v) is 13.5. The Balaban J connectivity index is 1.68. The Kier molecular flexibility index (Phi) is 4.03. The van der Waals surface area contributed by atoms with E-state index in [1.807, 2.05) is 0 Å². The van der Waals surface area contributed by atoms with Gasteiger partial charge in [-0.15, -0.1) is 0 Å². The highest BCUT2D eigenvalue weighted by atomic mass is 14.9. The van der Waals surface area contributed by atoms with Crippen LogP contribution in [0.25, 0.3) is 10.8 Å². The summed E-state index contributed by atoms with van der Waals surface area (Å²) in [5.41, 5.74) is 1.95. The molecule has 3 rings (SSSR count). The van der Waals surface area contributed by atoms with Crippen molar-refractivity contribution >= 4 is 10.8 Å². The zero-order valence-electron chi connectivity index (χ0n) is 13.5. The maximum absolute atomic E-state index is 3.84. The van der Waals surface area contributed by atoms with Crippen LogP contribution in [-0.4, -0.2) is 6.04 Å². The normalized spacial score (nSPS) is 20.5. The van der Waals surface area contributed by atoms with Crippen LogP contribution >= 0.6 is 0 Å². The minimum atomic E-state index is 0.431. The van der Waals surface area contributed by atoms with E-state index in [9.17, 15) is 0 Å². The van der Waals surface area contributed by atoms with E-state index in [1.165, 1.54) is 42.0 Å². The van der Waals surface area contributed by atoms with Gasteiger partial charge in [0.2, 0.25) is 0 Å². The maximum atomic E-state index is 3.84. The summed E-state index contributed by atoms with van der Waals surface area (Å²) >= 11 is 0. The number of hydrogen-bond acceptors (Lipinski definition) is 1. The van der Waals surface area contributed by atoms with Crippen LogP contribution < -0.4 is 5.32 Å². The Labute approximate surface area is 128 Å². The SMILES string of the molecule is CC(NC1CCC(C)(C)CC1)c1ccc2ccccc2c1. The van der Waals surface area contributed by atoms with Gasteiger partial charge in [0.1, 0.15) is 0 Å². The third kappa shape index (κ3) is 3.47. The second-order valence-electron chi connectivity index (χ2n) is 7.43. The maximum Gasteiger partial charge on any atom is 0.0294 e. The third-order valence-electron chi connectivity index (χ3n) is 5.10. The van der Waals surface area contributed by atoms with Crippen molar-refractivity contribution in [2.75, 3.05) is 0 Å². The van der Waals surface area contributed by atoms with Crippen LogP contribution in [0.2, 0.25) is 0 Å². The molecule has 1 saturated carbocycles. The van der Waals surface area contributed by atoms with Gasteiger partial charge in [-0.05, 0) is 60.4 Å². The van der Waals surface area contributed by atoms with Gasteiger partial charge in [-0.3, -0.25) is 0 Å². The quantitative estimate of drug-likeness (QED) is 0.787. The fourth-order valence-corrected chi connectivity index (χ4v) is 3.49. The van der Waals surface area contributed by atoms with Crippen molar-refractivity contribution in [3.05, 3.63) is 48.0 Å². The summed E-state index contributed by atoms with van der Waals surface area (Å²) < 4.78 is 0. The van der Waals surface area contributed by atoms with E-state index in [2.05, 4.69) is 68.6 Å². The lowest BCUT2D eigenvalue weighted by Gasteiger charge is -2.36. The molecule has 112 valence electrons. The van der Waals surface area contributed by atoms with Crippen molar-refractivity contribution in [3.63, 3.8) is 0 Å². The van der Waals surface area contributed by atoms with Crippen LogP contribution in [0, 0.1) is 5.41 Å². The molecule has 0 amide bonds. The van der Waals surface area contributed by atoms with E-state index in [1.54, 1.807) is 0 Å². The van der Waals surface area contributed by atoms with Gasteiger partial charge in [0.05, 0.1) is 0 Å². The van der Waals surface area contributed by atoms with Crippen LogP contribution in [0.4, 0.5) is 0 Å². The molecule has 0 heterocycles. The lowest BCUT2D eigenvalue weighted by atomic mass is 9.75. The van der Waals surface area contributed by atoms with Crippen molar-refractivity contribution in [1.29, 1.82) is 0 Å². The second-order valence-corrected chi connectivity index (χ2v) is 7.43. The fraction of sp³-hybridized carbons (Fsp3) is 0.500. The zero-order chi connectivity index (χ0) is 14.9. The van der Waals surface area contributed by atoms with E-state index in [0.717, 1.165) is 0 Å². The van der Waals surface area contributed by atoms with Gasteiger partial charge in [-0.25, -0.2) is 0 Å². The molecule has 1 unspecified atom stereocenters. The minimum Gasteiger partial charge on any atom is -0.307 e. The molecule has 1 atom stereocenters. The molecular formula is C20H27N. The lowest BCUT2D eigenvalue weighted by Crippen LogP contribution is -2.37. The monoisotopic (exact) mass is 281 g/mol. The van der Waals surface area contributed by atoms with Crippen LogP contribution in [0.3, 0.4) is 0 Å². The summed E-state index contributed by atoms with van der Waals surface area (Å²) in [4.78, 5) is 0. The van der Waals surface area contributed by atoms with Crippen molar-refractivity contribution in [1.82, 2.24) is 5.32 Å². The number of hydrogen-bond donors (Lipinski definition) is 1. The molecule has 1 aliphatic rings. The van der Waals surface area contributed by atoms with Gasteiger partial charge in [0.25, 0.3) is 0 Å². The topological polar surface area (TPSA) is 12.0 Å². The molecular weight excluding hydrogens is 254 g/mol. The van der Waals surface area contributed by atoms with Gasteiger partial charge in [0.15, 0.2) is 0 Å². The first kappa shape index (κ1) is 14.6. The predicted octanol–water partition coefficient (Wildman–Crippen LogP) is 5.46. The Morgan fingerprint density at radius 3 is 2.38 bits per heavy atom. The van der Waals surface area contributed by atoms with E-state index in [0.29, 0.717) is 17.5 Å². The fourth-order valence-electron chi connectivity index (χ4n) is 3.49. The van der Waals surface area contributed by atoms with Crippen molar-refractivity contribution in [2.45, 2.75) is 58.5 Å². The molecule has 21 heavy (non-hydrogen) atoms. The Hall–Kier alpha value is -1.34. The van der Waals surface area contributed by atoms with E-state index in [-0.39, 0.29) is 0 Å². The Morgan fingerprint density at radius 1 is 1.00 bits per heavy atom. The molecule has 0 spiro atoms. The molecule has 1 N–H and O–H groups in total. The molecule has 0 bridgehead atoms. The minimum absolute atomic E-state index is 0.431. The number of benzene rings is 2. The molecule has 0 aliphatic heterocycles. The average Bonchev–Trinajstić information content (AvgIpc) is 2.49. The molecule has 1 nitrogen and oxygen atoms in total. The summed E-state index contributed by atoms with van der Waals surface area (Å²) in [7, 11) is 0. The summed E-state index contributed by atoms with van der Waals surface area (Å²) in [5, 5.41) is 6.51. The molecule has 1 aliphatic carbocycles. The first-order valence-corrected chi connectivity index (χ1v) is 8.28. The molecule has 0 aromatic heterocycles. The molecule has 2 aromatic carbocycles. The van der Waals surface area contributed by atoms with Gasteiger partial charge >= 0.3 is 0 Å². The summed E-state index contributed by atoms with van der Waals surface area (Å²) in [6, 6.07) is 16.6. The van der Waals surface area contributed by atoms with Gasteiger partial charge in [-0.2, -0.15) is 0 Å². The van der Waals surface area contributed by atoms with E-state index >= 15 is 0 Å². The Morgan fingerprint density at radius 2 is 1.67 bits per heavy atom. The number of nitrogens with one attached hydrogen (secondary N) is 1. The van der Waals surface area contributed by atoms with Crippen LogP contribution in [0.15, 0.2) is 42.5 Å². The molecule has 1 heteroatoms. The van der Waals surface area contributed by atoms with Gasteiger partial charge < -0.3 is 5.32 Å². The average molecular weight is 281 g/mol. The highest BCUT2D eigenvalue weighted by Gasteiger charge is 2.27. The van der Waals surface area contributed by atoms with Crippen molar-refractivity contribution in [2.24, 2.45) is 5.41 Å². The summed E-state index contributed by atoms with van der Waals surface area (Å²) in [6.45, 7) is 7.09. The van der Waals surface area contributed by atoms with Crippen molar-refractivity contribution < 1.29 is 0 Å². The third-order valence-corrected chi connectivity index (χ3v) is 5.10. The van der Waals surface area contributed by atoms with Crippen LogP contribution in [0.1, 0.15) is 58.1 Å². The largest absolute Gasteiger partial charge is 0.307 e. The predicted molar refractivity (Wildman–Crippen MR) is 91.5 cm³/mol. The van der Waals surface area contributed by atoms with E-state index in [4.69, 9.17) is 0 Å². The standard InChI is InChI=1S/C20H27N/c1-15(21-19-10-12-20(2,3)13-11-19)17-9-8-16-6-4-5-7-18(16)14-17/h4-9,14-15,19,21H,10-13H2,1-3H3. The van der Waals surface area contributed by atoms with Crippen LogP contribution in [-0.2, 0) is 0 Å². The lowest BCUT2D eigenvalue weighted by molar-refractivity contribution is 0.200.